The van der Waals surface area contributed by atoms with Crippen LogP contribution in [0.4, 0.5) is 5.69 Å². The van der Waals surface area contributed by atoms with Crippen molar-refractivity contribution in [1.82, 2.24) is 10.2 Å². The van der Waals surface area contributed by atoms with Gasteiger partial charge in [0.25, 0.3) is 0 Å². The molecule has 0 aliphatic carbocycles. The molecule has 0 spiro atoms. The van der Waals surface area contributed by atoms with Gasteiger partial charge in [0.2, 0.25) is 21.8 Å². The molecule has 8 heteroatoms. The predicted octanol–water partition coefficient (Wildman–Crippen LogP) is 4.18. The molecule has 0 aliphatic heterocycles. The fourth-order valence-corrected chi connectivity index (χ4v) is 4.63. The highest BCUT2D eigenvalue weighted by Gasteiger charge is 2.28. The van der Waals surface area contributed by atoms with Crippen LogP contribution in [-0.4, -0.2) is 49.5 Å². The van der Waals surface area contributed by atoms with Gasteiger partial charge in [0, 0.05) is 25.0 Å². The van der Waals surface area contributed by atoms with Crippen LogP contribution in [0.1, 0.15) is 57.2 Å². The van der Waals surface area contributed by atoms with Crippen LogP contribution in [-0.2, 0) is 26.2 Å². The lowest BCUT2D eigenvalue weighted by Crippen LogP contribution is -2.52. The summed E-state index contributed by atoms with van der Waals surface area (Å²) in [5, 5.41) is 2.95. The first kappa shape index (κ1) is 28.4. The van der Waals surface area contributed by atoms with Crippen molar-refractivity contribution in [3.63, 3.8) is 0 Å². The molecule has 0 fully saturated rings. The summed E-state index contributed by atoms with van der Waals surface area (Å²) >= 11 is 0. The number of amides is 2. The van der Waals surface area contributed by atoms with E-state index in [1.54, 1.807) is 24.0 Å². The van der Waals surface area contributed by atoms with Crippen LogP contribution in [0.5, 0.6) is 0 Å². The summed E-state index contributed by atoms with van der Waals surface area (Å²) in [5.41, 5.74) is 3.22. The van der Waals surface area contributed by atoms with Gasteiger partial charge in [-0.3, -0.25) is 13.9 Å². The summed E-state index contributed by atoms with van der Waals surface area (Å²) in [5.74, 6) is -0.421. The summed E-state index contributed by atoms with van der Waals surface area (Å²) in [6.07, 6.45) is 1.62. The number of sulfonamides is 1. The Hall–Kier alpha value is -2.87. The van der Waals surface area contributed by atoms with E-state index in [0.29, 0.717) is 18.7 Å². The van der Waals surface area contributed by atoms with Crippen LogP contribution in [0.2, 0.25) is 0 Å². The number of carbonyl (C=O) groups excluding carboxylic acids is 2. The van der Waals surface area contributed by atoms with E-state index >= 15 is 0 Å². The highest BCUT2D eigenvalue weighted by atomic mass is 32.2. The molecule has 0 heterocycles. The van der Waals surface area contributed by atoms with Crippen LogP contribution in [0.25, 0.3) is 0 Å². The summed E-state index contributed by atoms with van der Waals surface area (Å²) in [6.45, 7) is 11.8. The van der Waals surface area contributed by atoms with E-state index in [9.17, 15) is 18.0 Å². The van der Waals surface area contributed by atoms with Gasteiger partial charge in [-0.2, -0.15) is 0 Å². The Kier molecular flexibility index (Phi) is 9.49. The summed E-state index contributed by atoms with van der Waals surface area (Å²) in [7, 11) is -3.51. The Morgan fingerprint density at radius 2 is 1.46 bits per heavy atom. The maximum absolute atomic E-state index is 13.3. The molecule has 35 heavy (non-hydrogen) atoms. The second-order valence-electron chi connectivity index (χ2n) is 10.2. The summed E-state index contributed by atoms with van der Waals surface area (Å²) in [6, 6.07) is 14.4. The summed E-state index contributed by atoms with van der Waals surface area (Å²) in [4.78, 5) is 27.8. The number of carbonyl (C=O) groups is 2. The first-order valence-corrected chi connectivity index (χ1v) is 13.7. The van der Waals surface area contributed by atoms with Gasteiger partial charge >= 0.3 is 0 Å². The number of benzene rings is 2. The van der Waals surface area contributed by atoms with Gasteiger partial charge in [0.15, 0.2) is 0 Å². The third-order valence-electron chi connectivity index (χ3n) is 5.61. The van der Waals surface area contributed by atoms with Gasteiger partial charge < -0.3 is 10.2 Å². The molecule has 1 unspecified atom stereocenters. The highest BCUT2D eigenvalue weighted by Crippen LogP contribution is 2.20. The Balaban J connectivity index is 2.17. The fourth-order valence-electron chi connectivity index (χ4n) is 3.66. The standard InChI is InChI=1S/C27H39N3O4S/c1-20-10-14-23(15-11-20)19-29(22(3)26(32)28-27(4,5)6)25(31)9-8-18-30(35(7,33)34)24-16-12-21(2)13-17-24/h10-17,22H,8-9,18-19H2,1-7H3,(H,28,32). The maximum Gasteiger partial charge on any atom is 0.242 e. The molecule has 0 saturated carbocycles. The lowest BCUT2D eigenvalue weighted by Gasteiger charge is -2.32. The minimum absolute atomic E-state index is 0.122. The van der Waals surface area contributed by atoms with Crippen molar-refractivity contribution in [3.05, 3.63) is 65.2 Å². The largest absolute Gasteiger partial charge is 0.350 e. The minimum Gasteiger partial charge on any atom is -0.350 e. The molecule has 0 bridgehead atoms. The molecule has 0 saturated heterocycles. The van der Waals surface area contributed by atoms with Gasteiger partial charge in [-0.1, -0.05) is 47.5 Å². The number of hydrogen-bond donors (Lipinski definition) is 1. The second-order valence-corrected chi connectivity index (χ2v) is 12.1. The normalized spacial score (nSPS) is 12.7. The Morgan fingerprint density at radius 3 is 1.94 bits per heavy atom. The topological polar surface area (TPSA) is 86.8 Å². The van der Waals surface area contributed by atoms with Crippen molar-refractivity contribution in [1.29, 1.82) is 0 Å². The zero-order chi connectivity index (χ0) is 26.4. The van der Waals surface area contributed by atoms with Gasteiger partial charge in [-0.05, 0) is 65.7 Å². The molecule has 2 aromatic carbocycles. The molecule has 2 rings (SSSR count). The van der Waals surface area contributed by atoms with E-state index in [4.69, 9.17) is 0 Å². The predicted molar refractivity (Wildman–Crippen MR) is 142 cm³/mol. The first-order valence-electron chi connectivity index (χ1n) is 11.9. The molecular weight excluding hydrogens is 462 g/mol. The maximum atomic E-state index is 13.3. The van der Waals surface area contributed by atoms with Crippen molar-refractivity contribution in [2.75, 3.05) is 17.1 Å². The number of hydrogen-bond acceptors (Lipinski definition) is 4. The summed E-state index contributed by atoms with van der Waals surface area (Å²) < 4.78 is 26.1. The van der Waals surface area contributed by atoms with Crippen LogP contribution in [0.3, 0.4) is 0 Å². The molecule has 192 valence electrons. The molecule has 0 aromatic heterocycles. The van der Waals surface area contributed by atoms with Crippen molar-refractivity contribution in [2.24, 2.45) is 0 Å². The van der Waals surface area contributed by atoms with Crippen LogP contribution in [0, 0.1) is 13.8 Å². The number of aryl methyl sites for hydroxylation is 2. The zero-order valence-electron chi connectivity index (χ0n) is 22.0. The van der Waals surface area contributed by atoms with E-state index in [0.717, 1.165) is 22.9 Å². The minimum atomic E-state index is -3.51. The molecular formula is C27H39N3O4S. The molecule has 1 atom stereocenters. The van der Waals surface area contributed by atoms with E-state index in [1.807, 2.05) is 71.0 Å². The van der Waals surface area contributed by atoms with Crippen LogP contribution in [0.15, 0.2) is 48.5 Å². The van der Waals surface area contributed by atoms with E-state index in [2.05, 4.69) is 5.32 Å². The quantitative estimate of drug-likeness (QED) is 0.529. The van der Waals surface area contributed by atoms with Crippen molar-refractivity contribution >= 4 is 27.5 Å². The average molecular weight is 502 g/mol. The number of nitrogens with zero attached hydrogens (tertiary/aromatic N) is 2. The third kappa shape index (κ3) is 9.02. The van der Waals surface area contributed by atoms with Crippen LogP contribution < -0.4 is 9.62 Å². The Bertz CT molecular complexity index is 1100. The number of nitrogens with one attached hydrogen (secondary N) is 1. The SMILES string of the molecule is Cc1ccc(CN(C(=O)CCCN(c2ccc(C)cc2)S(C)(=O)=O)C(C)C(=O)NC(C)(C)C)cc1. The fraction of sp³-hybridized carbons (Fsp3) is 0.481. The second kappa shape index (κ2) is 11.7. The molecule has 0 aliphatic rings. The highest BCUT2D eigenvalue weighted by molar-refractivity contribution is 7.92. The lowest BCUT2D eigenvalue weighted by atomic mass is 10.1. The zero-order valence-corrected chi connectivity index (χ0v) is 22.8. The molecule has 0 radical (unpaired) electrons. The van der Waals surface area contributed by atoms with Crippen molar-refractivity contribution in [2.45, 2.75) is 72.5 Å². The Labute approximate surface area is 210 Å². The van der Waals surface area contributed by atoms with Crippen molar-refractivity contribution in [3.8, 4) is 0 Å². The number of rotatable bonds is 10. The van der Waals surface area contributed by atoms with Gasteiger partial charge in [-0.25, -0.2) is 8.42 Å². The molecule has 1 N–H and O–H groups in total. The van der Waals surface area contributed by atoms with Crippen LogP contribution >= 0.6 is 0 Å². The van der Waals surface area contributed by atoms with Crippen molar-refractivity contribution < 1.29 is 18.0 Å². The number of anilines is 1. The lowest BCUT2D eigenvalue weighted by molar-refractivity contribution is -0.141. The third-order valence-corrected chi connectivity index (χ3v) is 6.81. The molecule has 2 amide bonds. The van der Waals surface area contributed by atoms with E-state index in [-0.39, 0.29) is 24.8 Å². The van der Waals surface area contributed by atoms with E-state index < -0.39 is 21.6 Å². The molecule has 7 nitrogen and oxygen atoms in total. The Morgan fingerprint density at radius 1 is 0.943 bits per heavy atom. The first-order chi connectivity index (χ1) is 16.2. The average Bonchev–Trinajstić information content (AvgIpc) is 2.74. The van der Waals surface area contributed by atoms with Gasteiger partial charge in [0.05, 0.1) is 11.9 Å². The van der Waals surface area contributed by atoms with Gasteiger partial charge in [-0.15, -0.1) is 0 Å². The van der Waals surface area contributed by atoms with E-state index in [1.165, 1.54) is 4.31 Å². The van der Waals surface area contributed by atoms with Gasteiger partial charge in [0.1, 0.15) is 6.04 Å². The molecule has 2 aromatic rings. The smallest absolute Gasteiger partial charge is 0.242 e. The monoisotopic (exact) mass is 501 g/mol.